The molecule has 0 saturated heterocycles. The van der Waals surface area contributed by atoms with Crippen LogP contribution in [0.3, 0.4) is 0 Å². The molecule has 3 heterocycles. The molecule has 0 fully saturated rings. The van der Waals surface area contributed by atoms with E-state index in [4.69, 9.17) is 8.83 Å². The first kappa shape index (κ1) is 16.4. The van der Waals surface area contributed by atoms with Gasteiger partial charge in [0, 0.05) is 13.6 Å². The summed E-state index contributed by atoms with van der Waals surface area (Å²) < 4.78 is 12.6. The van der Waals surface area contributed by atoms with Crippen molar-refractivity contribution in [3.63, 3.8) is 0 Å². The molecule has 0 aliphatic carbocycles. The van der Waals surface area contributed by atoms with Crippen molar-refractivity contribution in [1.82, 2.24) is 14.5 Å². The third kappa shape index (κ3) is 3.32. The Morgan fingerprint density at radius 1 is 0.923 bits per heavy atom. The van der Waals surface area contributed by atoms with Crippen LogP contribution in [0.2, 0.25) is 0 Å². The van der Waals surface area contributed by atoms with Crippen molar-refractivity contribution in [2.45, 2.75) is 19.6 Å². The maximum atomic E-state index is 12.7. The molecule has 0 N–H and O–H groups in total. The molecular weight excluding hydrogens is 330 g/mol. The van der Waals surface area contributed by atoms with Crippen molar-refractivity contribution in [2.24, 2.45) is 7.05 Å². The van der Waals surface area contributed by atoms with Gasteiger partial charge in [-0.3, -0.25) is 9.69 Å². The molecule has 4 rings (SSSR count). The number of fused-ring (bicyclic) bond motifs is 1. The Bertz CT molecular complexity index is 1010. The summed E-state index contributed by atoms with van der Waals surface area (Å²) in [6, 6.07) is 15.2. The van der Waals surface area contributed by atoms with Crippen LogP contribution in [0.1, 0.15) is 17.2 Å². The Labute approximate surface area is 150 Å². The molecule has 0 radical (unpaired) electrons. The molecule has 0 bridgehead atoms. The minimum atomic E-state index is -0.0902. The van der Waals surface area contributed by atoms with E-state index in [1.807, 2.05) is 48.5 Å². The van der Waals surface area contributed by atoms with Crippen LogP contribution in [0.5, 0.6) is 0 Å². The number of benzene rings is 1. The molecular formula is C20H19N3O3. The highest BCUT2D eigenvalue weighted by atomic mass is 16.3. The lowest BCUT2D eigenvalue weighted by molar-refractivity contribution is 0.206. The summed E-state index contributed by atoms with van der Waals surface area (Å²) in [5, 5.41) is 0. The van der Waals surface area contributed by atoms with E-state index < -0.39 is 0 Å². The summed E-state index contributed by atoms with van der Waals surface area (Å²) in [6.07, 6.45) is 3.29. The largest absolute Gasteiger partial charge is 0.468 e. The summed E-state index contributed by atoms with van der Waals surface area (Å²) in [7, 11) is 1.78. The summed E-state index contributed by atoms with van der Waals surface area (Å²) in [5.41, 5.74) is 2.04. The number of aromatic nitrogens is 2. The van der Waals surface area contributed by atoms with Crippen LogP contribution in [-0.4, -0.2) is 14.5 Å². The predicted molar refractivity (Wildman–Crippen MR) is 97.4 cm³/mol. The number of aryl methyl sites for hydroxylation is 1. The fourth-order valence-corrected chi connectivity index (χ4v) is 3.07. The van der Waals surface area contributed by atoms with Gasteiger partial charge in [-0.15, -0.1) is 0 Å². The van der Waals surface area contributed by atoms with Gasteiger partial charge in [0.2, 0.25) is 0 Å². The minimum Gasteiger partial charge on any atom is -0.468 e. The quantitative estimate of drug-likeness (QED) is 0.534. The van der Waals surface area contributed by atoms with Crippen LogP contribution >= 0.6 is 0 Å². The molecule has 132 valence electrons. The van der Waals surface area contributed by atoms with E-state index in [0.717, 1.165) is 22.6 Å². The van der Waals surface area contributed by atoms with Crippen LogP contribution in [0.25, 0.3) is 11.0 Å². The van der Waals surface area contributed by atoms with E-state index >= 15 is 0 Å². The topological polar surface area (TPSA) is 64.4 Å². The second-order valence-corrected chi connectivity index (χ2v) is 6.22. The van der Waals surface area contributed by atoms with Gasteiger partial charge in [-0.1, -0.05) is 12.1 Å². The molecule has 0 saturated carbocycles. The van der Waals surface area contributed by atoms with Crippen molar-refractivity contribution in [1.29, 1.82) is 0 Å². The maximum absolute atomic E-state index is 12.7. The Balaban J connectivity index is 1.67. The summed E-state index contributed by atoms with van der Waals surface area (Å²) in [5.74, 6) is 1.66. The molecule has 0 unspecified atom stereocenters. The van der Waals surface area contributed by atoms with Crippen molar-refractivity contribution in [3.05, 3.63) is 88.6 Å². The molecule has 0 atom stereocenters. The van der Waals surface area contributed by atoms with Crippen LogP contribution in [0, 0.1) is 0 Å². The normalized spacial score (nSPS) is 11.5. The second kappa shape index (κ2) is 7.01. The Kier molecular flexibility index (Phi) is 4.41. The van der Waals surface area contributed by atoms with Crippen LogP contribution in [0.15, 0.2) is 74.7 Å². The van der Waals surface area contributed by atoms with Crippen molar-refractivity contribution >= 4 is 11.0 Å². The Morgan fingerprint density at radius 3 is 2.19 bits per heavy atom. The van der Waals surface area contributed by atoms with Gasteiger partial charge >= 0.3 is 0 Å². The molecule has 6 heteroatoms. The summed E-state index contributed by atoms with van der Waals surface area (Å²) in [4.78, 5) is 19.4. The second-order valence-electron chi connectivity index (χ2n) is 6.22. The van der Waals surface area contributed by atoms with Gasteiger partial charge in [-0.05, 0) is 36.4 Å². The van der Waals surface area contributed by atoms with Crippen LogP contribution in [-0.2, 0) is 26.7 Å². The highest BCUT2D eigenvalue weighted by Crippen LogP contribution is 2.15. The van der Waals surface area contributed by atoms with E-state index in [-0.39, 0.29) is 5.56 Å². The molecule has 0 spiro atoms. The fraction of sp³-hybridized carbons (Fsp3) is 0.200. The monoisotopic (exact) mass is 349 g/mol. The number of para-hydroxylation sites is 2. The van der Waals surface area contributed by atoms with Gasteiger partial charge < -0.3 is 13.4 Å². The lowest BCUT2D eigenvalue weighted by Crippen LogP contribution is -2.30. The van der Waals surface area contributed by atoms with E-state index in [1.165, 1.54) is 0 Å². The molecule has 0 aliphatic heterocycles. The van der Waals surface area contributed by atoms with E-state index in [2.05, 4.69) is 9.88 Å². The third-order valence-corrected chi connectivity index (χ3v) is 4.34. The Morgan fingerprint density at radius 2 is 1.58 bits per heavy atom. The standard InChI is InChI=1S/C20H19N3O3/c1-22-19-9-3-2-8-17(19)21-18(20(22)24)14-23(12-15-6-4-10-25-15)13-16-7-5-11-26-16/h2-11H,12-14H2,1H3. The number of hydrogen-bond acceptors (Lipinski definition) is 5. The molecule has 6 nitrogen and oxygen atoms in total. The van der Waals surface area contributed by atoms with E-state index in [0.29, 0.717) is 25.3 Å². The summed E-state index contributed by atoms with van der Waals surface area (Å²) >= 11 is 0. The fourth-order valence-electron chi connectivity index (χ4n) is 3.07. The first-order valence-corrected chi connectivity index (χ1v) is 8.42. The maximum Gasteiger partial charge on any atom is 0.273 e. The number of rotatable bonds is 6. The van der Waals surface area contributed by atoms with Gasteiger partial charge in [0.05, 0.1) is 36.6 Å². The average molecular weight is 349 g/mol. The highest BCUT2D eigenvalue weighted by molar-refractivity contribution is 5.74. The van der Waals surface area contributed by atoms with Gasteiger partial charge in [0.25, 0.3) is 5.56 Å². The molecule has 1 aromatic carbocycles. The number of hydrogen-bond donors (Lipinski definition) is 0. The first-order chi connectivity index (χ1) is 12.7. The molecule has 0 amide bonds. The number of nitrogens with zero attached hydrogens (tertiary/aromatic N) is 3. The lowest BCUT2D eigenvalue weighted by Gasteiger charge is -2.20. The van der Waals surface area contributed by atoms with Crippen molar-refractivity contribution in [3.8, 4) is 0 Å². The SMILES string of the molecule is Cn1c(=O)c(CN(Cc2ccco2)Cc2ccco2)nc2ccccc21. The van der Waals surface area contributed by atoms with Crippen molar-refractivity contribution in [2.75, 3.05) is 0 Å². The van der Waals surface area contributed by atoms with Crippen molar-refractivity contribution < 1.29 is 8.83 Å². The zero-order chi connectivity index (χ0) is 17.9. The molecule has 4 aromatic rings. The third-order valence-electron chi connectivity index (χ3n) is 4.34. The number of furan rings is 2. The zero-order valence-corrected chi connectivity index (χ0v) is 14.5. The van der Waals surface area contributed by atoms with E-state index in [9.17, 15) is 4.79 Å². The highest BCUT2D eigenvalue weighted by Gasteiger charge is 2.16. The zero-order valence-electron chi connectivity index (χ0n) is 14.5. The smallest absolute Gasteiger partial charge is 0.273 e. The lowest BCUT2D eigenvalue weighted by atomic mass is 10.2. The van der Waals surface area contributed by atoms with Crippen LogP contribution in [0.4, 0.5) is 0 Å². The Hall–Kier alpha value is -3.12. The minimum absolute atomic E-state index is 0.0902. The van der Waals surface area contributed by atoms with Gasteiger partial charge in [0.1, 0.15) is 17.2 Å². The summed E-state index contributed by atoms with van der Waals surface area (Å²) in [6.45, 7) is 1.52. The van der Waals surface area contributed by atoms with Crippen LogP contribution < -0.4 is 5.56 Å². The first-order valence-electron chi connectivity index (χ1n) is 8.42. The van der Waals surface area contributed by atoms with E-state index in [1.54, 1.807) is 24.1 Å². The predicted octanol–water partition coefficient (Wildman–Crippen LogP) is 3.32. The average Bonchev–Trinajstić information content (AvgIpc) is 3.33. The van der Waals surface area contributed by atoms with Gasteiger partial charge in [0.15, 0.2) is 0 Å². The molecule has 0 aliphatic rings. The van der Waals surface area contributed by atoms with Gasteiger partial charge in [-0.25, -0.2) is 4.98 Å². The molecule has 3 aromatic heterocycles. The molecule has 26 heavy (non-hydrogen) atoms. The van der Waals surface area contributed by atoms with Gasteiger partial charge in [-0.2, -0.15) is 0 Å².